The minimum absolute atomic E-state index is 0.234. The number of ether oxygens (including phenoxy) is 2. The molecule has 8 nitrogen and oxygen atoms in total. The largest absolute Gasteiger partial charge is 0.496 e. The number of aromatic nitrogens is 3. The van der Waals surface area contributed by atoms with Gasteiger partial charge in [-0.15, -0.1) is 10.2 Å². The highest BCUT2D eigenvalue weighted by Gasteiger charge is 2.21. The second kappa shape index (κ2) is 10.4. The molecule has 4 rings (SSSR count). The highest BCUT2D eigenvalue weighted by atomic mass is 19.1. The summed E-state index contributed by atoms with van der Waals surface area (Å²) in [6, 6.07) is 11.3. The Kier molecular flexibility index (Phi) is 7.19. The number of rotatable bonds is 8. The number of halogens is 1. The normalized spacial score (nSPS) is 13.8. The van der Waals surface area contributed by atoms with Gasteiger partial charge in [-0.1, -0.05) is 6.07 Å². The van der Waals surface area contributed by atoms with Gasteiger partial charge in [0.1, 0.15) is 29.0 Å². The van der Waals surface area contributed by atoms with Gasteiger partial charge < -0.3 is 19.4 Å². The van der Waals surface area contributed by atoms with Crippen LogP contribution < -0.4 is 14.8 Å². The molecule has 33 heavy (non-hydrogen) atoms. The van der Waals surface area contributed by atoms with Crippen LogP contribution in [0.15, 0.2) is 42.5 Å². The van der Waals surface area contributed by atoms with E-state index in [0.29, 0.717) is 25.1 Å². The predicted octanol–water partition coefficient (Wildman–Crippen LogP) is 2.47. The van der Waals surface area contributed by atoms with Crippen molar-refractivity contribution in [3.63, 3.8) is 0 Å². The van der Waals surface area contributed by atoms with Gasteiger partial charge in [-0.3, -0.25) is 9.69 Å². The lowest BCUT2D eigenvalue weighted by atomic mass is 10.1. The van der Waals surface area contributed by atoms with E-state index in [2.05, 4.69) is 25.0 Å². The Labute approximate surface area is 192 Å². The van der Waals surface area contributed by atoms with Crippen LogP contribution in [-0.2, 0) is 25.9 Å². The Morgan fingerprint density at radius 1 is 1.03 bits per heavy atom. The van der Waals surface area contributed by atoms with E-state index in [0.717, 1.165) is 54.8 Å². The standard InChI is InChI=1S/C24H28FN5O3/c1-32-20-4-3-5-21(33-2)19(20)16-29-13-11-23-28-27-22(30(23)15-14-29)10-12-26-24(31)17-6-8-18(25)9-7-17/h3-9H,10-16H2,1-2H3,(H,26,31). The predicted molar refractivity (Wildman–Crippen MR) is 121 cm³/mol. The third-order valence-electron chi connectivity index (χ3n) is 5.85. The SMILES string of the molecule is COc1cccc(OC)c1CN1CCc2nnc(CCNC(=O)c3ccc(F)cc3)n2CC1. The number of carbonyl (C=O) groups excluding carboxylic acids is 1. The number of benzene rings is 2. The fourth-order valence-electron chi connectivity index (χ4n) is 4.07. The average Bonchev–Trinajstić information content (AvgIpc) is 3.11. The molecule has 0 spiro atoms. The van der Waals surface area contributed by atoms with E-state index < -0.39 is 0 Å². The summed E-state index contributed by atoms with van der Waals surface area (Å²) in [6.07, 6.45) is 1.35. The summed E-state index contributed by atoms with van der Waals surface area (Å²) < 4.78 is 26.3. The summed E-state index contributed by atoms with van der Waals surface area (Å²) in [5.41, 5.74) is 1.46. The third kappa shape index (κ3) is 5.31. The monoisotopic (exact) mass is 453 g/mol. The molecule has 0 saturated carbocycles. The lowest BCUT2D eigenvalue weighted by Crippen LogP contribution is -2.28. The summed E-state index contributed by atoms with van der Waals surface area (Å²) in [4.78, 5) is 14.6. The molecule has 1 aliphatic heterocycles. The zero-order valence-electron chi connectivity index (χ0n) is 18.9. The van der Waals surface area contributed by atoms with E-state index in [1.807, 2.05) is 18.2 Å². The number of amides is 1. The number of carbonyl (C=O) groups is 1. The van der Waals surface area contributed by atoms with Crippen molar-refractivity contribution in [2.24, 2.45) is 0 Å². The first kappa shape index (κ1) is 22.7. The zero-order chi connectivity index (χ0) is 23.2. The van der Waals surface area contributed by atoms with Crippen molar-refractivity contribution in [1.82, 2.24) is 25.0 Å². The maximum atomic E-state index is 13.0. The summed E-state index contributed by atoms with van der Waals surface area (Å²) >= 11 is 0. The molecule has 0 radical (unpaired) electrons. The van der Waals surface area contributed by atoms with Gasteiger partial charge in [-0.25, -0.2) is 4.39 Å². The minimum atomic E-state index is -0.365. The van der Waals surface area contributed by atoms with E-state index in [1.165, 1.54) is 24.3 Å². The molecule has 1 aliphatic rings. The van der Waals surface area contributed by atoms with Gasteiger partial charge in [-0.2, -0.15) is 0 Å². The quantitative estimate of drug-likeness (QED) is 0.564. The van der Waals surface area contributed by atoms with Gasteiger partial charge in [0.15, 0.2) is 0 Å². The Morgan fingerprint density at radius 3 is 2.45 bits per heavy atom. The van der Waals surface area contributed by atoms with Crippen LogP contribution in [-0.4, -0.2) is 59.4 Å². The van der Waals surface area contributed by atoms with Crippen LogP contribution in [0.1, 0.15) is 27.6 Å². The van der Waals surface area contributed by atoms with Crippen LogP contribution in [0.4, 0.5) is 4.39 Å². The topological polar surface area (TPSA) is 81.5 Å². The highest BCUT2D eigenvalue weighted by Crippen LogP contribution is 2.30. The van der Waals surface area contributed by atoms with E-state index in [9.17, 15) is 9.18 Å². The van der Waals surface area contributed by atoms with Crippen molar-refractivity contribution in [1.29, 1.82) is 0 Å². The molecule has 2 heterocycles. The number of methoxy groups -OCH3 is 2. The number of hydrogen-bond donors (Lipinski definition) is 1. The molecule has 174 valence electrons. The van der Waals surface area contributed by atoms with E-state index in [-0.39, 0.29) is 11.7 Å². The number of nitrogens with zero attached hydrogens (tertiary/aromatic N) is 4. The Morgan fingerprint density at radius 2 is 1.76 bits per heavy atom. The molecule has 0 bridgehead atoms. The molecule has 0 saturated heterocycles. The summed E-state index contributed by atoms with van der Waals surface area (Å²) in [5.74, 6) is 2.83. The molecule has 0 aliphatic carbocycles. The Balaban J connectivity index is 1.35. The molecule has 1 N–H and O–H groups in total. The van der Waals surface area contributed by atoms with Crippen molar-refractivity contribution in [2.75, 3.05) is 33.9 Å². The van der Waals surface area contributed by atoms with E-state index >= 15 is 0 Å². The first-order chi connectivity index (χ1) is 16.1. The van der Waals surface area contributed by atoms with Gasteiger partial charge in [0.25, 0.3) is 5.91 Å². The van der Waals surface area contributed by atoms with Gasteiger partial charge in [0, 0.05) is 51.1 Å². The van der Waals surface area contributed by atoms with Crippen LogP contribution in [0.5, 0.6) is 11.5 Å². The number of fused-ring (bicyclic) bond motifs is 1. The number of nitrogens with one attached hydrogen (secondary N) is 1. The third-order valence-corrected chi connectivity index (χ3v) is 5.85. The lowest BCUT2D eigenvalue weighted by molar-refractivity contribution is 0.0954. The van der Waals surface area contributed by atoms with Crippen LogP contribution in [0.2, 0.25) is 0 Å². The molecule has 1 amide bonds. The maximum Gasteiger partial charge on any atom is 0.251 e. The fourth-order valence-corrected chi connectivity index (χ4v) is 4.07. The molecule has 9 heteroatoms. The van der Waals surface area contributed by atoms with Crippen LogP contribution in [0.25, 0.3) is 0 Å². The van der Waals surface area contributed by atoms with Crippen LogP contribution in [0.3, 0.4) is 0 Å². The minimum Gasteiger partial charge on any atom is -0.496 e. The number of hydrogen-bond acceptors (Lipinski definition) is 6. The fraction of sp³-hybridized carbons (Fsp3) is 0.375. The molecule has 0 fully saturated rings. The molecule has 0 atom stereocenters. The average molecular weight is 454 g/mol. The van der Waals surface area contributed by atoms with Crippen molar-refractivity contribution in [2.45, 2.75) is 25.9 Å². The maximum absolute atomic E-state index is 13.0. The molecule has 1 aromatic heterocycles. The summed E-state index contributed by atoms with van der Waals surface area (Å²) in [7, 11) is 3.34. The van der Waals surface area contributed by atoms with Crippen molar-refractivity contribution >= 4 is 5.91 Å². The molecule has 3 aromatic rings. The first-order valence-corrected chi connectivity index (χ1v) is 11.0. The zero-order valence-corrected chi connectivity index (χ0v) is 18.9. The van der Waals surface area contributed by atoms with Crippen molar-refractivity contribution in [3.05, 3.63) is 71.1 Å². The van der Waals surface area contributed by atoms with Gasteiger partial charge in [0.2, 0.25) is 0 Å². The van der Waals surface area contributed by atoms with Gasteiger partial charge in [-0.05, 0) is 36.4 Å². The van der Waals surface area contributed by atoms with Gasteiger partial charge >= 0.3 is 0 Å². The van der Waals surface area contributed by atoms with Gasteiger partial charge in [0.05, 0.1) is 19.8 Å². The van der Waals surface area contributed by atoms with E-state index in [1.54, 1.807) is 14.2 Å². The highest BCUT2D eigenvalue weighted by molar-refractivity contribution is 5.94. The van der Waals surface area contributed by atoms with E-state index in [4.69, 9.17) is 9.47 Å². The molecular formula is C24H28FN5O3. The second-order valence-corrected chi connectivity index (χ2v) is 7.86. The van der Waals surface area contributed by atoms with Crippen molar-refractivity contribution in [3.8, 4) is 11.5 Å². The lowest BCUT2D eigenvalue weighted by Gasteiger charge is -2.22. The Hall–Kier alpha value is -3.46. The van der Waals surface area contributed by atoms with Crippen molar-refractivity contribution < 1.29 is 18.7 Å². The second-order valence-electron chi connectivity index (χ2n) is 7.86. The van der Waals surface area contributed by atoms with Crippen LogP contribution in [0, 0.1) is 5.82 Å². The Bertz CT molecular complexity index is 1080. The molecule has 0 unspecified atom stereocenters. The molecule has 2 aromatic carbocycles. The van der Waals surface area contributed by atoms with Crippen LogP contribution >= 0.6 is 0 Å². The molecular weight excluding hydrogens is 425 g/mol. The summed E-state index contributed by atoms with van der Waals surface area (Å²) in [5, 5.41) is 11.6. The first-order valence-electron chi connectivity index (χ1n) is 11.0. The smallest absolute Gasteiger partial charge is 0.251 e. The summed E-state index contributed by atoms with van der Waals surface area (Å²) in [6.45, 7) is 3.59.